The minimum absolute atomic E-state index is 0.176. The number of amides is 1. The van der Waals surface area contributed by atoms with Crippen molar-refractivity contribution in [2.75, 3.05) is 42.8 Å². The Labute approximate surface area is 192 Å². The first kappa shape index (κ1) is 22.7. The summed E-state index contributed by atoms with van der Waals surface area (Å²) in [5.74, 6) is 1.34. The second-order valence-electron chi connectivity index (χ2n) is 7.62. The van der Waals surface area contributed by atoms with Crippen LogP contribution >= 0.6 is 0 Å². The summed E-state index contributed by atoms with van der Waals surface area (Å²) in [6.07, 6.45) is 0.577. The average molecular weight is 469 g/mol. The number of anilines is 2. The number of nitrogens with one attached hydrogen (secondary N) is 1. The lowest BCUT2D eigenvalue weighted by Crippen LogP contribution is -2.37. The van der Waals surface area contributed by atoms with E-state index in [-0.39, 0.29) is 5.75 Å². The molecule has 9 nitrogen and oxygen atoms in total. The Kier molecular flexibility index (Phi) is 6.85. The summed E-state index contributed by atoms with van der Waals surface area (Å²) < 4.78 is 34.4. The summed E-state index contributed by atoms with van der Waals surface area (Å²) in [7, 11) is -3.26. The van der Waals surface area contributed by atoms with Crippen molar-refractivity contribution in [3.63, 3.8) is 0 Å². The van der Waals surface area contributed by atoms with Crippen LogP contribution in [0.1, 0.15) is 5.69 Å². The first-order chi connectivity index (χ1) is 15.9. The van der Waals surface area contributed by atoms with Crippen molar-refractivity contribution < 1.29 is 22.7 Å². The molecule has 1 amide bonds. The Hall–Kier alpha value is -3.50. The highest BCUT2D eigenvalue weighted by Gasteiger charge is 2.17. The van der Waals surface area contributed by atoms with Gasteiger partial charge in [-0.15, -0.1) is 0 Å². The predicted octanol–water partition coefficient (Wildman–Crippen LogP) is 3.14. The number of carbonyl (C=O) groups is 1. The van der Waals surface area contributed by atoms with Crippen LogP contribution in [0.15, 0.2) is 60.7 Å². The zero-order chi connectivity index (χ0) is 23.3. The predicted molar refractivity (Wildman–Crippen MR) is 125 cm³/mol. The van der Waals surface area contributed by atoms with Crippen LogP contribution in [0.5, 0.6) is 5.75 Å². The molecule has 4 rings (SSSR count). The zero-order valence-electron chi connectivity index (χ0n) is 18.1. The molecule has 1 aliphatic rings. The number of carbonyl (C=O) groups excluding carboxylic acids is 1. The normalized spacial score (nSPS) is 14.0. The molecule has 1 N–H and O–H groups in total. The quantitative estimate of drug-likeness (QED) is 0.587. The first-order valence-electron chi connectivity index (χ1n) is 10.4. The lowest BCUT2D eigenvalue weighted by molar-refractivity contribution is 0.122. The lowest BCUT2D eigenvalue weighted by atomic mass is 10.2. The molecule has 33 heavy (non-hydrogen) atoms. The number of benzene rings is 2. The molecule has 0 radical (unpaired) electrons. The number of hydrogen-bond acceptors (Lipinski definition) is 8. The molecule has 3 aromatic rings. The molecule has 0 aliphatic carbocycles. The summed E-state index contributed by atoms with van der Waals surface area (Å²) in [5.41, 5.74) is 1.67. The van der Waals surface area contributed by atoms with Gasteiger partial charge < -0.3 is 14.4 Å². The Morgan fingerprint density at radius 1 is 1.06 bits per heavy atom. The van der Waals surface area contributed by atoms with Crippen LogP contribution in [-0.4, -0.2) is 57.0 Å². The molecule has 2 heterocycles. The molecule has 10 heteroatoms. The molecular weight excluding hydrogens is 444 g/mol. The Morgan fingerprint density at radius 3 is 2.42 bits per heavy atom. The number of para-hydroxylation sites is 1. The van der Waals surface area contributed by atoms with E-state index in [0.717, 1.165) is 0 Å². The van der Waals surface area contributed by atoms with Crippen molar-refractivity contribution in [3.05, 3.63) is 66.4 Å². The maximum Gasteiger partial charge on any atom is 0.417 e. The van der Waals surface area contributed by atoms with E-state index in [0.29, 0.717) is 60.6 Å². The standard InChI is InChI=1S/C23H24N4O5S/c1-33(29,30)16-19-15-21(27-11-13-31-14-12-27)26-22(24-19)17-7-9-18(10-8-17)25-23(28)32-20-5-3-2-4-6-20/h2-10,15H,11-14,16H2,1H3,(H,25,28). The van der Waals surface area contributed by atoms with Gasteiger partial charge in [0.1, 0.15) is 11.6 Å². The molecule has 0 atom stereocenters. The topological polar surface area (TPSA) is 111 Å². The van der Waals surface area contributed by atoms with Crippen LogP contribution in [0.3, 0.4) is 0 Å². The van der Waals surface area contributed by atoms with Crippen molar-refractivity contribution in [2.24, 2.45) is 0 Å². The van der Waals surface area contributed by atoms with Crippen molar-refractivity contribution in [2.45, 2.75) is 5.75 Å². The van der Waals surface area contributed by atoms with E-state index in [9.17, 15) is 13.2 Å². The van der Waals surface area contributed by atoms with Crippen LogP contribution in [-0.2, 0) is 20.3 Å². The van der Waals surface area contributed by atoms with Gasteiger partial charge >= 0.3 is 6.09 Å². The van der Waals surface area contributed by atoms with Crippen LogP contribution < -0.4 is 15.0 Å². The summed E-state index contributed by atoms with van der Waals surface area (Å²) in [6.45, 7) is 2.50. The van der Waals surface area contributed by atoms with Gasteiger partial charge in [-0.3, -0.25) is 5.32 Å². The molecular formula is C23H24N4O5S. The molecule has 172 valence electrons. The number of nitrogens with zero attached hydrogens (tertiary/aromatic N) is 3. The van der Waals surface area contributed by atoms with Gasteiger partial charge in [-0.25, -0.2) is 23.2 Å². The second kappa shape index (κ2) is 9.97. The average Bonchev–Trinajstić information content (AvgIpc) is 2.79. The van der Waals surface area contributed by atoms with Gasteiger partial charge in [-0.1, -0.05) is 18.2 Å². The SMILES string of the molecule is CS(=O)(=O)Cc1cc(N2CCOCC2)nc(-c2ccc(NC(=O)Oc3ccccc3)cc2)n1. The highest BCUT2D eigenvalue weighted by molar-refractivity contribution is 7.89. The minimum Gasteiger partial charge on any atom is -0.410 e. The van der Waals surface area contributed by atoms with Crippen molar-refractivity contribution >= 4 is 27.4 Å². The fourth-order valence-corrected chi connectivity index (χ4v) is 4.04. The molecule has 1 aliphatic heterocycles. The van der Waals surface area contributed by atoms with Gasteiger partial charge in [0, 0.05) is 36.7 Å². The monoisotopic (exact) mass is 468 g/mol. The Morgan fingerprint density at radius 2 is 1.76 bits per heavy atom. The van der Waals surface area contributed by atoms with Gasteiger partial charge in [0.2, 0.25) is 0 Å². The summed E-state index contributed by atoms with van der Waals surface area (Å²) >= 11 is 0. The van der Waals surface area contributed by atoms with E-state index in [1.807, 2.05) is 6.07 Å². The van der Waals surface area contributed by atoms with E-state index < -0.39 is 15.9 Å². The van der Waals surface area contributed by atoms with Gasteiger partial charge in [-0.2, -0.15) is 0 Å². The van der Waals surface area contributed by atoms with Crippen molar-refractivity contribution in [3.8, 4) is 17.1 Å². The van der Waals surface area contributed by atoms with Crippen molar-refractivity contribution in [1.82, 2.24) is 9.97 Å². The molecule has 0 bridgehead atoms. The highest BCUT2D eigenvalue weighted by Crippen LogP contribution is 2.24. The third kappa shape index (κ3) is 6.50. The fraction of sp³-hybridized carbons (Fsp3) is 0.261. The van der Waals surface area contributed by atoms with E-state index in [2.05, 4.69) is 20.2 Å². The van der Waals surface area contributed by atoms with E-state index in [4.69, 9.17) is 9.47 Å². The third-order valence-corrected chi connectivity index (χ3v) is 5.67. The number of morpholine rings is 1. The second-order valence-corrected chi connectivity index (χ2v) is 9.76. The minimum atomic E-state index is -3.26. The molecule has 0 spiro atoms. The van der Waals surface area contributed by atoms with Gasteiger partial charge in [-0.05, 0) is 36.4 Å². The number of aromatic nitrogens is 2. The van der Waals surface area contributed by atoms with Gasteiger partial charge in [0.25, 0.3) is 0 Å². The molecule has 1 fully saturated rings. The maximum atomic E-state index is 12.1. The fourth-order valence-electron chi connectivity index (χ4n) is 3.35. The largest absolute Gasteiger partial charge is 0.417 e. The number of ether oxygens (including phenoxy) is 2. The Balaban J connectivity index is 1.54. The van der Waals surface area contributed by atoms with Crippen LogP contribution in [0.2, 0.25) is 0 Å². The molecule has 0 saturated carbocycles. The van der Waals surface area contributed by atoms with Crippen molar-refractivity contribution in [1.29, 1.82) is 0 Å². The number of rotatable bonds is 6. The van der Waals surface area contributed by atoms with Gasteiger partial charge in [0.15, 0.2) is 15.7 Å². The smallest absolute Gasteiger partial charge is 0.410 e. The van der Waals surface area contributed by atoms with Gasteiger partial charge in [0.05, 0.1) is 24.7 Å². The van der Waals surface area contributed by atoms with E-state index in [1.54, 1.807) is 54.6 Å². The van der Waals surface area contributed by atoms with Crippen LogP contribution in [0.25, 0.3) is 11.4 Å². The van der Waals surface area contributed by atoms with Crippen LogP contribution in [0, 0.1) is 0 Å². The third-order valence-electron chi connectivity index (χ3n) is 4.85. The Bertz CT molecular complexity index is 1210. The van der Waals surface area contributed by atoms with Crippen LogP contribution in [0.4, 0.5) is 16.3 Å². The lowest BCUT2D eigenvalue weighted by Gasteiger charge is -2.28. The molecule has 0 unspecified atom stereocenters. The van der Waals surface area contributed by atoms with E-state index in [1.165, 1.54) is 6.26 Å². The molecule has 2 aromatic carbocycles. The molecule has 1 saturated heterocycles. The first-order valence-corrected chi connectivity index (χ1v) is 12.4. The summed E-state index contributed by atoms with van der Waals surface area (Å²) in [5, 5.41) is 2.67. The highest BCUT2D eigenvalue weighted by atomic mass is 32.2. The number of hydrogen-bond donors (Lipinski definition) is 1. The summed E-state index contributed by atoms with van der Waals surface area (Å²) in [6, 6.07) is 17.4. The zero-order valence-corrected chi connectivity index (χ0v) is 18.9. The van der Waals surface area contributed by atoms with E-state index >= 15 is 0 Å². The maximum absolute atomic E-state index is 12.1. The molecule has 1 aromatic heterocycles. The summed E-state index contributed by atoms with van der Waals surface area (Å²) in [4.78, 5) is 23.3. The number of sulfone groups is 1.